The topological polar surface area (TPSA) is 50.1 Å². The van der Waals surface area contributed by atoms with Gasteiger partial charge in [0.2, 0.25) is 0 Å². The molecule has 0 spiro atoms. The van der Waals surface area contributed by atoms with Crippen LogP contribution in [0.3, 0.4) is 0 Å². The van der Waals surface area contributed by atoms with Crippen molar-refractivity contribution in [2.75, 3.05) is 0 Å². The number of hydrogen-bond acceptors (Lipinski definition) is 3. The summed E-state index contributed by atoms with van der Waals surface area (Å²) in [6.07, 6.45) is 0. The summed E-state index contributed by atoms with van der Waals surface area (Å²) in [5.74, 6) is 0. The Hall–Kier alpha value is -1.18. The summed E-state index contributed by atoms with van der Waals surface area (Å²) in [7, 11) is 0. The Kier molecular flexibility index (Phi) is 3.45. The fourth-order valence-corrected chi connectivity index (χ4v) is 0.978. The molecule has 3 nitrogen and oxygen atoms in total. The van der Waals surface area contributed by atoms with Crippen molar-refractivity contribution in [3.05, 3.63) is 35.4 Å². The number of benzene rings is 1. The fourth-order valence-electron chi connectivity index (χ4n) is 0.776. The molecule has 0 unspecified atom stereocenters. The van der Waals surface area contributed by atoms with E-state index in [-0.39, 0.29) is 11.9 Å². The van der Waals surface area contributed by atoms with E-state index in [0.717, 1.165) is 5.56 Å². The summed E-state index contributed by atoms with van der Waals surface area (Å²) in [5.41, 5.74) is 1.51. The minimum absolute atomic E-state index is 0.302. The molecule has 0 aliphatic rings. The maximum atomic E-state index is 9.92. The first-order valence-electron chi connectivity index (χ1n) is 3.30. The van der Waals surface area contributed by atoms with E-state index in [2.05, 4.69) is 4.18 Å². The Morgan fingerprint density at radius 3 is 2.58 bits per heavy atom. The number of thiol groups is 1. The van der Waals surface area contributed by atoms with Crippen LogP contribution in [-0.2, 0) is 22.7 Å². The van der Waals surface area contributed by atoms with Gasteiger partial charge < -0.3 is 0 Å². The summed E-state index contributed by atoms with van der Waals surface area (Å²) in [5, 5.41) is 8.47. The first kappa shape index (κ1) is 8.91. The molecule has 1 aromatic carbocycles. The molecular weight excluding hydrogens is 174 g/mol. The lowest BCUT2D eigenvalue weighted by Gasteiger charge is -1.96. The van der Waals surface area contributed by atoms with Gasteiger partial charge in [-0.25, -0.2) is 4.21 Å². The van der Waals surface area contributed by atoms with Crippen LogP contribution in [0.1, 0.15) is 11.1 Å². The largest absolute Gasteiger partial charge is 0.288 e. The van der Waals surface area contributed by atoms with Crippen LogP contribution in [0.25, 0.3) is 0 Å². The lowest BCUT2D eigenvalue weighted by atomic mass is 10.2. The van der Waals surface area contributed by atoms with E-state index in [0.29, 0.717) is 12.2 Å². The molecule has 4 heteroatoms. The van der Waals surface area contributed by atoms with Gasteiger partial charge in [0.1, 0.15) is 11.9 Å². The second-order valence-corrected chi connectivity index (χ2v) is 2.56. The van der Waals surface area contributed by atoms with Crippen molar-refractivity contribution >= 4 is 11.9 Å². The van der Waals surface area contributed by atoms with Gasteiger partial charge in [0.25, 0.3) is 0 Å². The molecule has 12 heavy (non-hydrogen) atoms. The van der Waals surface area contributed by atoms with Crippen LogP contribution in [-0.4, -0.2) is 4.21 Å². The second kappa shape index (κ2) is 4.65. The zero-order valence-electron chi connectivity index (χ0n) is 6.23. The fraction of sp³-hybridized carbons (Fsp3) is 0.125. The van der Waals surface area contributed by atoms with E-state index in [1.807, 2.05) is 6.07 Å². The summed E-state index contributed by atoms with van der Waals surface area (Å²) in [6, 6.07) is 8.93. The van der Waals surface area contributed by atoms with Gasteiger partial charge in [0.05, 0.1) is 18.2 Å². The molecule has 0 atom stereocenters. The third kappa shape index (κ3) is 2.46. The molecule has 0 amide bonds. The van der Waals surface area contributed by atoms with E-state index >= 15 is 0 Å². The molecule has 0 saturated heterocycles. The SMILES string of the molecule is N#Cc1ccc(CO[SH]=O)cc1. The molecule has 0 fully saturated rings. The first-order valence-corrected chi connectivity index (χ1v) is 4.03. The van der Waals surface area contributed by atoms with Crippen LogP contribution in [0.2, 0.25) is 0 Å². The van der Waals surface area contributed by atoms with Crippen molar-refractivity contribution < 1.29 is 8.39 Å². The second-order valence-electron chi connectivity index (χ2n) is 2.16. The summed E-state index contributed by atoms with van der Waals surface area (Å²) in [6.45, 7) is 0.302. The normalized spacial score (nSPS) is 9.25. The highest BCUT2D eigenvalue weighted by atomic mass is 32.2. The molecule has 62 valence electrons. The molecule has 0 bridgehead atoms. The van der Waals surface area contributed by atoms with E-state index < -0.39 is 0 Å². The quantitative estimate of drug-likeness (QED) is 0.706. The number of hydrogen-bond donors (Lipinski definition) is 1. The van der Waals surface area contributed by atoms with Crippen LogP contribution in [0.4, 0.5) is 0 Å². The standard InChI is InChI=1S/C8H7NO2S/c9-5-7-1-3-8(4-2-7)6-11-12-10/h1-4,12H,6H2. The lowest BCUT2D eigenvalue weighted by Crippen LogP contribution is -1.87. The van der Waals surface area contributed by atoms with Crippen molar-refractivity contribution in [3.8, 4) is 6.07 Å². The lowest BCUT2D eigenvalue weighted by molar-refractivity contribution is 0.348. The van der Waals surface area contributed by atoms with Gasteiger partial charge >= 0.3 is 0 Å². The Morgan fingerprint density at radius 2 is 2.08 bits per heavy atom. The monoisotopic (exact) mass is 181 g/mol. The van der Waals surface area contributed by atoms with E-state index in [1.165, 1.54) is 0 Å². The predicted octanol–water partition coefficient (Wildman–Crippen LogP) is 0.935. The summed E-state index contributed by atoms with van der Waals surface area (Å²) < 4.78 is 14.6. The smallest absolute Gasteiger partial charge is 0.142 e. The Balaban J connectivity index is 2.66. The molecule has 1 aromatic rings. The van der Waals surface area contributed by atoms with Crippen molar-refractivity contribution in [1.29, 1.82) is 5.26 Å². The molecule has 0 aliphatic carbocycles. The molecule has 0 N–H and O–H groups in total. The van der Waals surface area contributed by atoms with Gasteiger partial charge in [-0.05, 0) is 17.7 Å². The van der Waals surface area contributed by atoms with Gasteiger partial charge in [-0.2, -0.15) is 5.26 Å². The molecule has 0 aliphatic heterocycles. The number of rotatable bonds is 3. The minimum Gasteiger partial charge on any atom is -0.288 e. The molecule has 0 saturated carbocycles. The molecule has 0 heterocycles. The van der Waals surface area contributed by atoms with Crippen LogP contribution in [0.15, 0.2) is 24.3 Å². The highest BCUT2D eigenvalue weighted by Crippen LogP contribution is 2.03. The molecule has 1 rings (SSSR count). The van der Waals surface area contributed by atoms with Crippen molar-refractivity contribution in [3.63, 3.8) is 0 Å². The van der Waals surface area contributed by atoms with Crippen molar-refractivity contribution in [1.82, 2.24) is 0 Å². The highest BCUT2D eigenvalue weighted by molar-refractivity contribution is 7.60. The average molecular weight is 181 g/mol. The Labute approximate surface area is 74.3 Å². The Bertz CT molecular complexity index is 302. The van der Waals surface area contributed by atoms with Gasteiger partial charge in [-0.15, -0.1) is 0 Å². The summed E-state index contributed by atoms with van der Waals surface area (Å²) in [4.78, 5) is 0. The first-order chi connectivity index (χ1) is 5.86. The van der Waals surface area contributed by atoms with E-state index in [1.54, 1.807) is 24.3 Å². The van der Waals surface area contributed by atoms with Gasteiger partial charge in [0.15, 0.2) is 0 Å². The van der Waals surface area contributed by atoms with Crippen LogP contribution in [0, 0.1) is 11.3 Å². The third-order valence-corrected chi connectivity index (χ3v) is 1.60. The maximum absolute atomic E-state index is 9.92. The zero-order valence-corrected chi connectivity index (χ0v) is 7.12. The Morgan fingerprint density at radius 1 is 1.42 bits per heavy atom. The molecule has 0 radical (unpaired) electrons. The predicted molar refractivity (Wildman–Crippen MR) is 45.5 cm³/mol. The van der Waals surface area contributed by atoms with Gasteiger partial charge in [-0.3, -0.25) is 4.18 Å². The zero-order chi connectivity index (χ0) is 8.81. The van der Waals surface area contributed by atoms with E-state index in [9.17, 15) is 4.21 Å². The van der Waals surface area contributed by atoms with Crippen molar-refractivity contribution in [2.24, 2.45) is 0 Å². The summed E-state index contributed by atoms with van der Waals surface area (Å²) >= 11 is -0.321. The van der Waals surface area contributed by atoms with Crippen molar-refractivity contribution in [2.45, 2.75) is 6.61 Å². The van der Waals surface area contributed by atoms with Gasteiger partial charge in [-0.1, -0.05) is 12.1 Å². The minimum atomic E-state index is -0.321. The van der Waals surface area contributed by atoms with Gasteiger partial charge in [0, 0.05) is 0 Å². The molecule has 0 aromatic heterocycles. The maximum Gasteiger partial charge on any atom is 0.142 e. The number of nitrogens with zero attached hydrogens (tertiary/aromatic N) is 1. The number of nitriles is 1. The van der Waals surface area contributed by atoms with E-state index in [4.69, 9.17) is 5.26 Å². The average Bonchev–Trinajstić information content (AvgIpc) is 2.15. The third-order valence-electron chi connectivity index (χ3n) is 1.37. The van der Waals surface area contributed by atoms with Crippen LogP contribution in [0.5, 0.6) is 0 Å². The van der Waals surface area contributed by atoms with Crippen LogP contribution < -0.4 is 0 Å². The van der Waals surface area contributed by atoms with Crippen LogP contribution >= 0.6 is 0 Å². The highest BCUT2D eigenvalue weighted by Gasteiger charge is 1.92. The molecular formula is C8H7NO2S.